The average molecular weight is 405 g/mol. The Morgan fingerprint density at radius 3 is 2.00 bits per heavy atom. The van der Waals surface area contributed by atoms with E-state index in [1.54, 1.807) is 0 Å². The zero-order valence-corrected chi connectivity index (χ0v) is 15.7. The fourth-order valence-electron chi connectivity index (χ4n) is 2.29. The van der Waals surface area contributed by atoms with Crippen molar-refractivity contribution in [2.45, 2.75) is 0 Å². The molecule has 0 aromatic heterocycles. The molecule has 0 bridgehead atoms. The van der Waals surface area contributed by atoms with Gasteiger partial charge >= 0.3 is 0 Å². The topological polar surface area (TPSA) is 185 Å². The summed E-state index contributed by atoms with van der Waals surface area (Å²) in [6.07, 6.45) is 0. The van der Waals surface area contributed by atoms with Crippen LogP contribution in [-0.2, 0) is 0 Å². The molecule has 0 unspecified atom stereocenters. The van der Waals surface area contributed by atoms with Crippen LogP contribution in [0.2, 0.25) is 0 Å². The number of ether oxygens (including phenoxy) is 2. The molecule has 0 radical (unpaired) electrons. The lowest BCUT2D eigenvalue weighted by Crippen LogP contribution is -2.46. The first-order valence-corrected chi connectivity index (χ1v) is 10.3. The van der Waals surface area contributed by atoms with Gasteiger partial charge in [-0.2, -0.15) is 0 Å². The summed E-state index contributed by atoms with van der Waals surface area (Å²) in [5.41, 5.74) is 3.76. The zero-order chi connectivity index (χ0) is 19.7. The molecule has 0 atom stereocenters. The molecule has 0 spiro atoms. The third-order valence-electron chi connectivity index (χ3n) is 3.50. The summed E-state index contributed by atoms with van der Waals surface area (Å²) in [7, 11) is -6.51. The number of anilines is 2. The Morgan fingerprint density at radius 2 is 1.50 bits per heavy atom. The minimum absolute atomic E-state index is 0.00413. The van der Waals surface area contributed by atoms with Gasteiger partial charge in [-0.05, 0) is 12.1 Å². The molecule has 10 nitrogen and oxygen atoms in total. The summed E-state index contributed by atoms with van der Waals surface area (Å²) < 4.78 is 10.2. The first-order chi connectivity index (χ1) is 12.0. The third kappa shape index (κ3) is 4.57. The molecule has 0 aliphatic carbocycles. The summed E-state index contributed by atoms with van der Waals surface area (Å²) in [6.45, 7) is 0. The second-order valence-corrected chi connectivity index (χ2v) is 8.42. The maximum atomic E-state index is 11.7. The van der Waals surface area contributed by atoms with Crippen LogP contribution >= 0.6 is 15.9 Å². The van der Waals surface area contributed by atoms with Crippen molar-refractivity contribution < 1.29 is 44.6 Å². The van der Waals surface area contributed by atoms with Crippen LogP contribution in [0.25, 0.3) is 0 Å². The van der Waals surface area contributed by atoms with Gasteiger partial charge in [0.25, 0.3) is 15.9 Å². The van der Waals surface area contributed by atoms with E-state index in [1.807, 2.05) is 0 Å². The molecule has 0 aliphatic heterocycles. The van der Waals surface area contributed by atoms with Crippen LogP contribution in [0.3, 0.4) is 0 Å². The van der Waals surface area contributed by atoms with E-state index in [-0.39, 0.29) is 33.4 Å². The number of hydrogen-bond donors (Lipinski definition) is 6. The fraction of sp³-hybridized carbons (Fsp3) is 0.143. The van der Waals surface area contributed by atoms with Crippen molar-refractivity contribution in [3.05, 3.63) is 30.3 Å². The van der Waals surface area contributed by atoms with Gasteiger partial charge in [-0.1, -0.05) is 0 Å². The Kier molecular flexibility index (Phi) is 6.04. The summed E-state index contributed by atoms with van der Waals surface area (Å²) in [6, 6.07) is 6.38. The average Bonchev–Trinajstić information content (AvgIpc) is 2.53. The summed E-state index contributed by atoms with van der Waals surface area (Å²) >= 11 is 0. The Balaban J connectivity index is 2.61. The van der Waals surface area contributed by atoms with Gasteiger partial charge in [-0.15, -0.1) is 0 Å². The molecule has 2 rings (SSSR count). The highest BCUT2D eigenvalue weighted by Gasteiger charge is 2.32. The lowest BCUT2D eigenvalue weighted by Gasteiger charge is -2.21. The Hall–Kier alpha value is -1.58. The van der Waals surface area contributed by atoms with Crippen molar-refractivity contribution in [2.24, 2.45) is 0 Å². The van der Waals surface area contributed by atoms with Crippen molar-refractivity contribution in [1.29, 1.82) is 0 Å². The Bertz CT molecular complexity index is 805. The first-order valence-electron chi connectivity index (χ1n) is 7.08. The zero-order valence-electron chi connectivity index (χ0n) is 13.9. The van der Waals surface area contributed by atoms with Crippen molar-refractivity contribution in [2.75, 3.05) is 19.5 Å². The van der Waals surface area contributed by atoms with Crippen molar-refractivity contribution in [3.63, 3.8) is 0 Å². The maximum absolute atomic E-state index is 11.7. The van der Waals surface area contributed by atoms with Crippen molar-refractivity contribution in [3.8, 4) is 11.5 Å². The number of benzene rings is 2. The standard InChI is InChI=1S/C14H18N2O8P2/c1-23-8-3-4-13(25(17,18)19)11(5-8)16-10-7-14(26(20,21)22)9(15)6-12(10)24-2/h3-7,16H,15H2,1-2H3,(H2,17,18,19)(H2,20,21,22)/p+1. The molecule has 8 N–H and O–H groups in total. The predicted molar refractivity (Wildman–Crippen MR) is 93.8 cm³/mol. The molecule has 26 heavy (non-hydrogen) atoms. The first kappa shape index (κ1) is 20.7. The second-order valence-electron chi connectivity index (χ2n) is 5.28. The van der Waals surface area contributed by atoms with Crippen LogP contribution < -0.4 is 40.9 Å². The van der Waals surface area contributed by atoms with Gasteiger partial charge < -0.3 is 30.3 Å². The minimum Gasteiger partial charge on any atom is -0.627 e. The normalized spacial score (nSPS) is 12.0. The number of rotatable bonds is 6. The lowest BCUT2D eigenvalue weighted by molar-refractivity contribution is -0.254. The summed E-state index contributed by atoms with van der Waals surface area (Å²) in [5.74, 6) is 0.513. The van der Waals surface area contributed by atoms with E-state index in [9.17, 15) is 29.4 Å². The Labute approximate surface area is 150 Å². The van der Waals surface area contributed by atoms with E-state index in [1.165, 1.54) is 38.5 Å². The lowest BCUT2D eigenvalue weighted by atomic mass is 10.2. The van der Waals surface area contributed by atoms with Gasteiger partial charge in [0, 0.05) is 18.2 Å². The van der Waals surface area contributed by atoms with Crippen molar-refractivity contribution in [1.82, 2.24) is 0 Å². The van der Waals surface area contributed by atoms with Crippen LogP contribution in [0.4, 0.5) is 17.1 Å². The van der Waals surface area contributed by atoms with E-state index in [2.05, 4.69) is 11.1 Å². The highest BCUT2D eigenvalue weighted by molar-refractivity contribution is 7.66. The quantitative estimate of drug-likeness (QED) is 0.290. The molecule has 142 valence electrons. The third-order valence-corrected chi connectivity index (χ3v) is 5.56. The van der Waals surface area contributed by atoms with Gasteiger partial charge in [0.15, 0.2) is 11.0 Å². The highest BCUT2D eigenvalue weighted by atomic mass is 31.2. The molecule has 2 aromatic rings. The second kappa shape index (κ2) is 7.58. The maximum Gasteiger partial charge on any atom is 0.269 e. The fourth-order valence-corrected chi connectivity index (χ4v) is 3.73. The van der Waals surface area contributed by atoms with Crippen LogP contribution in [0.15, 0.2) is 30.3 Å². The van der Waals surface area contributed by atoms with Gasteiger partial charge in [0.05, 0.1) is 25.6 Å². The molecule has 0 saturated heterocycles. The van der Waals surface area contributed by atoms with Crippen LogP contribution in [-0.4, -0.2) is 33.8 Å². The smallest absolute Gasteiger partial charge is 0.269 e. The number of quaternary nitrogens is 1. The van der Waals surface area contributed by atoms with Crippen LogP contribution in [0.5, 0.6) is 11.5 Å². The molecule has 0 heterocycles. The SMILES string of the molecule is COc1ccc([P+]([O-])(O)O)c(Nc2cc([P+]([O-])(O)O)c([NH3+])cc2OC)c1. The molecule has 0 saturated carbocycles. The van der Waals surface area contributed by atoms with Gasteiger partial charge in [0.1, 0.15) is 11.5 Å². The summed E-state index contributed by atoms with van der Waals surface area (Å²) in [4.78, 5) is 61.3. The van der Waals surface area contributed by atoms with E-state index in [0.29, 0.717) is 5.75 Å². The molecule has 2 aromatic carbocycles. The molecule has 0 amide bonds. The van der Waals surface area contributed by atoms with E-state index in [4.69, 9.17) is 9.47 Å². The number of methoxy groups -OCH3 is 2. The largest absolute Gasteiger partial charge is 0.627 e. The number of hydrogen-bond acceptors (Lipinski definition) is 9. The van der Waals surface area contributed by atoms with E-state index in [0.717, 1.165) is 6.07 Å². The van der Waals surface area contributed by atoms with Gasteiger partial charge in [-0.3, -0.25) is 0 Å². The molecular formula is C14H19N2O8P2+. The summed E-state index contributed by atoms with van der Waals surface area (Å²) in [5, 5.41) is 2.10. The molecule has 0 fully saturated rings. The monoisotopic (exact) mass is 405 g/mol. The van der Waals surface area contributed by atoms with Crippen LogP contribution in [0, 0.1) is 0 Å². The molecule has 0 aliphatic rings. The molecular weight excluding hydrogens is 386 g/mol. The number of nitrogens with one attached hydrogen (secondary N) is 1. The van der Waals surface area contributed by atoms with E-state index >= 15 is 0 Å². The van der Waals surface area contributed by atoms with Gasteiger partial charge in [-0.25, -0.2) is 19.6 Å². The van der Waals surface area contributed by atoms with Gasteiger partial charge in [0.2, 0.25) is 5.30 Å². The minimum atomic E-state index is -4.63. The van der Waals surface area contributed by atoms with E-state index < -0.39 is 15.9 Å². The highest BCUT2D eigenvalue weighted by Crippen LogP contribution is 2.45. The van der Waals surface area contributed by atoms with Crippen LogP contribution in [0.1, 0.15) is 0 Å². The predicted octanol–water partition coefficient (Wildman–Crippen LogP) is -2.21. The Morgan fingerprint density at radius 1 is 0.885 bits per heavy atom. The molecule has 12 heteroatoms. The van der Waals surface area contributed by atoms with Crippen molar-refractivity contribution >= 4 is 43.6 Å².